The van der Waals surface area contributed by atoms with E-state index in [1.807, 2.05) is 13.0 Å². The molecule has 0 aliphatic carbocycles. The predicted molar refractivity (Wildman–Crippen MR) is 65.6 cm³/mol. The molecule has 92 valence electrons. The summed E-state index contributed by atoms with van der Waals surface area (Å²) < 4.78 is 4.79. The number of nitrogens with two attached hydrogens (primary N) is 1. The van der Waals surface area contributed by atoms with E-state index < -0.39 is 0 Å². The Labute approximate surface area is 101 Å². The Morgan fingerprint density at radius 1 is 1.59 bits per heavy atom. The van der Waals surface area contributed by atoms with Gasteiger partial charge in [-0.05, 0) is 30.0 Å². The van der Waals surface area contributed by atoms with Crippen LogP contribution in [0.3, 0.4) is 0 Å². The SMILES string of the molecule is COC(=O)N1CCc2cc(CN)ccc2C1C. The lowest BCUT2D eigenvalue weighted by atomic mass is 9.92. The van der Waals surface area contributed by atoms with Crippen LogP contribution in [-0.4, -0.2) is 24.6 Å². The number of hydrogen-bond acceptors (Lipinski definition) is 3. The van der Waals surface area contributed by atoms with Crippen molar-refractivity contribution in [1.29, 1.82) is 0 Å². The second-order valence-corrected chi connectivity index (χ2v) is 4.33. The maximum Gasteiger partial charge on any atom is 0.409 e. The summed E-state index contributed by atoms with van der Waals surface area (Å²) in [4.78, 5) is 13.3. The Morgan fingerprint density at radius 3 is 3.00 bits per heavy atom. The van der Waals surface area contributed by atoms with Crippen LogP contribution >= 0.6 is 0 Å². The number of nitrogens with zero attached hydrogens (tertiary/aromatic N) is 1. The lowest BCUT2D eigenvalue weighted by molar-refractivity contribution is 0.105. The number of methoxy groups -OCH3 is 1. The Kier molecular flexibility index (Phi) is 3.33. The van der Waals surface area contributed by atoms with Crippen molar-refractivity contribution in [1.82, 2.24) is 4.90 Å². The van der Waals surface area contributed by atoms with Crippen molar-refractivity contribution in [2.75, 3.05) is 13.7 Å². The summed E-state index contributed by atoms with van der Waals surface area (Å²) in [6, 6.07) is 6.30. The molecule has 0 saturated carbocycles. The zero-order valence-corrected chi connectivity index (χ0v) is 10.3. The highest BCUT2D eigenvalue weighted by molar-refractivity contribution is 5.68. The average molecular weight is 234 g/mol. The molecular formula is C13H18N2O2. The van der Waals surface area contributed by atoms with Crippen molar-refractivity contribution in [3.05, 3.63) is 34.9 Å². The van der Waals surface area contributed by atoms with E-state index in [9.17, 15) is 4.79 Å². The van der Waals surface area contributed by atoms with E-state index in [-0.39, 0.29) is 12.1 Å². The van der Waals surface area contributed by atoms with E-state index in [1.165, 1.54) is 18.2 Å². The standard InChI is InChI=1S/C13H18N2O2/c1-9-12-4-3-10(8-14)7-11(12)5-6-15(9)13(16)17-2/h3-4,7,9H,5-6,8,14H2,1-2H3. The minimum atomic E-state index is -0.258. The lowest BCUT2D eigenvalue weighted by Crippen LogP contribution is -2.38. The van der Waals surface area contributed by atoms with Crippen molar-refractivity contribution < 1.29 is 9.53 Å². The van der Waals surface area contributed by atoms with Gasteiger partial charge in [-0.2, -0.15) is 0 Å². The maximum atomic E-state index is 11.6. The van der Waals surface area contributed by atoms with Gasteiger partial charge in [-0.3, -0.25) is 0 Å². The molecule has 1 aliphatic rings. The molecule has 0 fully saturated rings. The number of amides is 1. The van der Waals surface area contributed by atoms with Gasteiger partial charge in [0, 0.05) is 13.1 Å². The van der Waals surface area contributed by atoms with Crippen LogP contribution in [0.1, 0.15) is 29.7 Å². The van der Waals surface area contributed by atoms with E-state index in [4.69, 9.17) is 10.5 Å². The molecule has 1 atom stereocenters. The fourth-order valence-corrected chi connectivity index (χ4v) is 2.38. The van der Waals surface area contributed by atoms with Crippen LogP contribution in [0.15, 0.2) is 18.2 Å². The lowest BCUT2D eigenvalue weighted by Gasteiger charge is -2.34. The van der Waals surface area contributed by atoms with Crippen LogP contribution in [0, 0.1) is 0 Å². The third-order valence-electron chi connectivity index (χ3n) is 3.39. The highest BCUT2D eigenvalue weighted by Gasteiger charge is 2.27. The highest BCUT2D eigenvalue weighted by atomic mass is 16.5. The minimum Gasteiger partial charge on any atom is -0.453 e. The quantitative estimate of drug-likeness (QED) is 0.806. The van der Waals surface area contributed by atoms with Gasteiger partial charge in [0.2, 0.25) is 0 Å². The first-order chi connectivity index (χ1) is 8.17. The molecule has 0 saturated heterocycles. The summed E-state index contributed by atoms with van der Waals surface area (Å²) >= 11 is 0. The van der Waals surface area contributed by atoms with Gasteiger partial charge in [-0.1, -0.05) is 18.2 Å². The fraction of sp³-hybridized carbons (Fsp3) is 0.462. The molecule has 1 aromatic carbocycles. The van der Waals surface area contributed by atoms with Gasteiger partial charge >= 0.3 is 6.09 Å². The predicted octanol–water partition coefficient (Wildman–Crippen LogP) is 1.83. The smallest absolute Gasteiger partial charge is 0.409 e. The molecule has 2 N–H and O–H groups in total. The van der Waals surface area contributed by atoms with Crippen LogP contribution in [0.2, 0.25) is 0 Å². The number of carbonyl (C=O) groups is 1. The summed E-state index contributed by atoms with van der Waals surface area (Å²) in [6.45, 7) is 3.29. The first kappa shape index (κ1) is 11.9. The second-order valence-electron chi connectivity index (χ2n) is 4.33. The van der Waals surface area contributed by atoms with Crippen LogP contribution in [-0.2, 0) is 17.7 Å². The van der Waals surface area contributed by atoms with Gasteiger partial charge in [0.05, 0.1) is 13.2 Å². The highest BCUT2D eigenvalue weighted by Crippen LogP contribution is 2.30. The van der Waals surface area contributed by atoms with Gasteiger partial charge in [0.25, 0.3) is 0 Å². The molecule has 0 bridgehead atoms. The van der Waals surface area contributed by atoms with E-state index in [1.54, 1.807) is 4.90 Å². The van der Waals surface area contributed by atoms with Crippen molar-refractivity contribution in [2.45, 2.75) is 25.9 Å². The van der Waals surface area contributed by atoms with Crippen LogP contribution in [0.4, 0.5) is 4.79 Å². The molecule has 1 aromatic rings. The first-order valence-corrected chi connectivity index (χ1v) is 5.83. The molecule has 1 amide bonds. The molecule has 1 unspecified atom stereocenters. The Bertz CT molecular complexity index is 431. The number of carbonyl (C=O) groups excluding carboxylic acids is 1. The van der Waals surface area contributed by atoms with Crippen molar-refractivity contribution in [3.63, 3.8) is 0 Å². The topological polar surface area (TPSA) is 55.6 Å². The summed E-state index contributed by atoms with van der Waals surface area (Å²) in [5.41, 5.74) is 9.26. The van der Waals surface area contributed by atoms with Crippen molar-refractivity contribution in [3.8, 4) is 0 Å². The number of rotatable bonds is 1. The third-order valence-corrected chi connectivity index (χ3v) is 3.39. The van der Waals surface area contributed by atoms with E-state index in [0.29, 0.717) is 13.1 Å². The van der Waals surface area contributed by atoms with Gasteiger partial charge in [-0.15, -0.1) is 0 Å². The first-order valence-electron chi connectivity index (χ1n) is 5.83. The molecule has 4 heteroatoms. The molecule has 4 nitrogen and oxygen atoms in total. The summed E-state index contributed by atoms with van der Waals surface area (Å²) in [5, 5.41) is 0. The van der Waals surface area contributed by atoms with Crippen molar-refractivity contribution in [2.24, 2.45) is 5.73 Å². The molecule has 0 radical (unpaired) electrons. The van der Waals surface area contributed by atoms with E-state index in [0.717, 1.165) is 12.0 Å². The van der Waals surface area contributed by atoms with Crippen molar-refractivity contribution >= 4 is 6.09 Å². The molecule has 0 aromatic heterocycles. The van der Waals surface area contributed by atoms with Crippen LogP contribution in [0.5, 0.6) is 0 Å². The number of fused-ring (bicyclic) bond motifs is 1. The molecule has 1 heterocycles. The Hall–Kier alpha value is -1.55. The van der Waals surface area contributed by atoms with Crippen LogP contribution < -0.4 is 5.73 Å². The van der Waals surface area contributed by atoms with E-state index >= 15 is 0 Å². The van der Waals surface area contributed by atoms with Gasteiger partial charge in [-0.25, -0.2) is 4.79 Å². The summed E-state index contributed by atoms with van der Waals surface area (Å²) in [7, 11) is 1.42. The fourth-order valence-electron chi connectivity index (χ4n) is 2.38. The number of hydrogen-bond donors (Lipinski definition) is 1. The average Bonchev–Trinajstić information content (AvgIpc) is 2.38. The molecule has 0 spiro atoms. The summed E-state index contributed by atoms with van der Waals surface area (Å²) in [6.07, 6.45) is 0.605. The Balaban J connectivity index is 2.30. The zero-order valence-electron chi connectivity index (χ0n) is 10.3. The number of benzene rings is 1. The van der Waals surface area contributed by atoms with Crippen LogP contribution in [0.25, 0.3) is 0 Å². The second kappa shape index (κ2) is 4.75. The van der Waals surface area contributed by atoms with Gasteiger partial charge in [0.15, 0.2) is 0 Å². The van der Waals surface area contributed by atoms with Gasteiger partial charge < -0.3 is 15.4 Å². The summed E-state index contributed by atoms with van der Waals surface area (Å²) in [5.74, 6) is 0. The van der Waals surface area contributed by atoms with E-state index in [2.05, 4.69) is 12.1 Å². The largest absolute Gasteiger partial charge is 0.453 e. The normalized spacial score (nSPS) is 18.8. The molecule has 17 heavy (non-hydrogen) atoms. The molecule has 2 rings (SSSR count). The number of ether oxygens (including phenoxy) is 1. The molecule has 1 aliphatic heterocycles. The Morgan fingerprint density at radius 2 is 2.35 bits per heavy atom. The maximum absolute atomic E-state index is 11.6. The zero-order chi connectivity index (χ0) is 12.4. The monoisotopic (exact) mass is 234 g/mol. The van der Waals surface area contributed by atoms with Gasteiger partial charge in [0.1, 0.15) is 0 Å². The third kappa shape index (κ3) is 2.13. The molecular weight excluding hydrogens is 216 g/mol. The minimum absolute atomic E-state index is 0.0676.